The molecule has 4 aromatic rings. The predicted octanol–water partition coefficient (Wildman–Crippen LogP) is 7.08. The van der Waals surface area contributed by atoms with E-state index in [1.807, 2.05) is 109 Å². The molecule has 190 valence electrons. The zero-order chi connectivity index (χ0) is 26.3. The molecule has 0 bridgehead atoms. The van der Waals surface area contributed by atoms with Gasteiger partial charge >= 0.3 is 11.9 Å². The van der Waals surface area contributed by atoms with Gasteiger partial charge in [0.2, 0.25) is 0 Å². The van der Waals surface area contributed by atoms with E-state index in [0.717, 1.165) is 28.4 Å². The highest BCUT2D eigenvalue weighted by Crippen LogP contribution is 2.27. The van der Waals surface area contributed by atoms with Gasteiger partial charge in [0.1, 0.15) is 23.0 Å². The minimum atomic E-state index is -0.801. The topological polar surface area (TPSA) is 82.1 Å². The predicted molar refractivity (Wildman–Crippen MR) is 142 cm³/mol. The first kappa shape index (κ1) is 27.0. The van der Waals surface area contributed by atoms with Crippen LogP contribution in [0.3, 0.4) is 0 Å². The molecular weight excluding hydrogens is 468 g/mol. The molecule has 6 nitrogen and oxygen atoms in total. The Morgan fingerprint density at radius 2 is 1.00 bits per heavy atom. The molecule has 37 heavy (non-hydrogen) atoms. The molecule has 6 heteroatoms. The molecule has 0 unspecified atom stereocenters. The van der Waals surface area contributed by atoms with Crippen molar-refractivity contribution in [2.75, 3.05) is 7.11 Å². The third-order valence-electron chi connectivity index (χ3n) is 5.32. The third kappa shape index (κ3) is 9.53. The monoisotopic (exact) mass is 498 g/mol. The number of carbonyl (C=O) groups excluding carboxylic acids is 1. The van der Waals surface area contributed by atoms with Crippen LogP contribution in [-0.2, 0) is 27.2 Å². The minimum absolute atomic E-state index is 0.106. The van der Waals surface area contributed by atoms with E-state index in [2.05, 4.69) is 4.74 Å². The molecule has 0 saturated carbocycles. The lowest BCUT2D eigenvalue weighted by Gasteiger charge is -2.10. The van der Waals surface area contributed by atoms with Gasteiger partial charge in [-0.1, -0.05) is 72.8 Å². The maximum Gasteiger partial charge on any atom is 0.305 e. The first-order chi connectivity index (χ1) is 18.0. The Bertz CT molecular complexity index is 1250. The van der Waals surface area contributed by atoms with Crippen LogP contribution in [0.2, 0.25) is 0 Å². The molecule has 0 spiro atoms. The van der Waals surface area contributed by atoms with Crippen molar-refractivity contribution in [2.24, 2.45) is 0 Å². The maximum absolute atomic E-state index is 11.2. The zero-order valence-electron chi connectivity index (χ0n) is 20.7. The standard InChI is InChI=1S/C16H16O3.C15H14O3/c1-18-16(17)12-11-13-7-5-6-10-15(13)19-14-8-3-2-4-9-14;16-15(17)11-10-12-6-4-5-9-14(12)18-13-7-2-1-3-8-13/h2-10H,11-12H2,1H3;1-9H,10-11H2,(H,16,17). The number of benzene rings is 4. The van der Waals surface area contributed by atoms with Crippen molar-refractivity contribution in [3.63, 3.8) is 0 Å². The van der Waals surface area contributed by atoms with E-state index in [1.165, 1.54) is 7.11 Å². The van der Waals surface area contributed by atoms with Crippen molar-refractivity contribution in [1.82, 2.24) is 0 Å². The number of aryl methyl sites for hydroxylation is 2. The number of ether oxygens (including phenoxy) is 3. The van der Waals surface area contributed by atoms with Crippen LogP contribution >= 0.6 is 0 Å². The fourth-order valence-corrected chi connectivity index (χ4v) is 3.43. The van der Waals surface area contributed by atoms with Gasteiger partial charge in [-0.05, 0) is 60.4 Å². The van der Waals surface area contributed by atoms with Gasteiger partial charge < -0.3 is 19.3 Å². The van der Waals surface area contributed by atoms with E-state index in [-0.39, 0.29) is 12.4 Å². The van der Waals surface area contributed by atoms with Crippen LogP contribution in [0.4, 0.5) is 0 Å². The number of rotatable bonds is 10. The molecule has 0 fully saturated rings. The summed E-state index contributed by atoms with van der Waals surface area (Å²) in [5, 5.41) is 8.71. The number of carboxylic acids is 1. The Kier molecular flexibility index (Phi) is 10.8. The van der Waals surface area contributed by atoms with Crippen LogP contribution in [0.25, 0.3) is 0 Å². The lowest BCUT2D eigenvalue weighted by molar-refractivity contribution is -0.140. The summed E-state index contributed by atoms with van der Waals surface area (Å²) < 4.78 is 16.2. The molecule has 0 aliphatic carbocycles. The van der Waals surface area contributed by atoms with E-state index in [4.69, 9.17) is 14.6 Å². The lowest BCUT2D eigenvalue weighted by atomic mass is 10.1. The molecular formula is C31H30O6. The van der Waals surface area contributed by atoms with Crippen LogP contribution in [-0.4, -0.2) is 24.2 Å². The van der Waals surface area contributed by atoms with Crippen LogP contribution < -0.4 is 9.47 Å². The highest BCUT2D eigenvalue weighted by Gasteiger charge is 2.08. The van der Waals surface area contributed by atoms with E-state index < -0.39 is 5.97 Å². The van der Waals surface area contributed by atoms with Gasteiger partial charge in [0.15, 0.2) is 0 Å². The fourth-order valence-electron chi connectivity index (χ4n) is 3.43. The molecule has 4 aromatic carbocycles. The average Bonchev–Trinajstić information content (AvgIpc) is 2.93. The highest BCUT2D eigenvalue weighted by molar-refractivity contribution is 5.69. The number of para-hydroxylation sites is 4. The minimum Gasteiger partial charge on any atom is -0.481 e. The second-order valence-electron chi connectivity index (χ2n) is 8.02. The largest absolute Gasteiger partial charge is 0.481 e. The van der Waals surface area contributed by atoms with E-state index in [0.29, 0.717) is 25.0 Å². The third-order valence-corrected chi connectivity index (χ3v) is 5.32. The second kappa shape index (κ2) is 14.7. The highest BCUT2D eigenvalue weighted by atomic mass is 16.5. The van der Waals surface area contributed by atoms with Crippen molar-refractivity contribution < 1.29 is 28.9 Å². The molecule has 1 N–H and O–H groups in total. The van der Waals surface area contributed by atoms with Crippen molar-refractivity contribution in [1.29, 1.82) is 0 Å². The summed E-state index contributed by atoms with van der Waals surface area (Å²) in [5.74, 6) is 2.01. The van der Waals surface area contributed by atoms with Crippen LogP contribution in [0, 0.1) is 0 Å². The van der Waals surface area contributed by atoms with Crippen molar-refractivity contribution in [3.8, 4) is 23.0 Å². The fraction of sp³-hybridized carbons (Fsp3) is 0.161. The van der Waals surface area contributed by atoms with Crippen molar-refractivity contribution in [2.45, 2.75) is 25.7 Å². The van der Waals surface area contributed by atoms with Crippen LogP contribution in [0.1, 0.15) is 24.0 Å². The smallest absolute Gasteiger partial charge is 0.305 e. The molecule has 0 aromatic heterocycles. The molecule has 0 radical (unpaired) electrons. The molecule has 0 amide bonds. The molecule has 0 aliphatic heterocycles. The van der Waals surface area contributed by atoms with Crippen LogP contribution in [0.5, 0.6) is 23.0 Å². The summed E-state index contributed by atoms with van der Waals surface area (Å²) >= 11 is 0. The summed E-state index contributed by atoms with van der Waals surface area (Å²) in [6, 6.07) is 34.3. The Labute approximate surface area is 217 Å². The van der Waals surface area contributed by atoms with Gasteiger partial charge in [-0.15, -0.1) is 0 Å². The van der Waals surface area contributed by atoms with Crippen LogP contribution in [0.15, 0.2) is 109 Å². The number of carboxylic acid groups (broad SMARTS) is 1. The van der Waals surface area contributed by atoms with E-state index >= 15 is 0 Å². The van der Waals surface area contributed by atoms with Gasteiger partial charge in [-0.25, -0.2) is 0 Å². The summed E-state index contributed by atoms with van der Waals surface area (Å²) in [7, 11) is 1.40. The number of carbonyl (C=O) groups is 2. The lowest BCUT2D eigenvalue weighted by Crippen LogP contribution is -2.02. The van der Waals surface area contributed by atoms with Gasteiger partial charge in [-0.2, -0.15) is 0 Å². The van der Waals surface area contributed by atoms with Gasteiger partial charge in [0.25, 0.3) is 0 Å². The molecule has 0 saturated heterocycles. The molecule has 0 atom stereocenters. The van der Waals surface area contributed by atoms with Gasteiger partial charge in [-0.3, -0.25) is 9.59 Å². The number of hydrogen-bond donors (Lipinski definition) is 1. The van der Waals surface area contributed by atoms with Gasteiger partial charge in [0.05, 0.1) is 7.11 Å². The second-order valence-corrected chi connectivity index (χ2v) is 8.02. The Hall–Kier alpha value is -4.58. The number of esters is 1. The summed E-state index contributed by atoms with van der Waals surface area (Å²) in [4.78, 5) is 21.8. The first-order valence-electron chi connectivity index (χ1n) is 12.0. The quantitative estimate of drug-likeness (QED) is 0.235. The summed E-state index contributed by atoms with van der Waals surface area (Å²) in [5.41, 5.74) is 1.90. The van der Waals surface area contributed by atoms with Gasteiger partial charge in [0, 0.05) is 12.8 Å². The number of hydrogen-bond acceptors (Lipinski definition) is 5. The molecule has 4 rings (SSSR count). The SMILES string of the molecule is COC(=O)CCc1ccccc1Oc1ccccc1.O=C(O)CCc1ccccc1Oc1ccccc1. The summed E-state index contributed by atoms with van der Waals surface area (Å²) in [6.45, 7) is 0. The summed E-state index contributed by atoms with van der Waals surface area (Å²) in [6.07, 6.45) is 1.54. The maximum atomic E-state index is 11.2. The average molecular weight is 499 g/mol. The Morgan fingerprint density at radius 1 is 0.595 bits per heavy atom. The van der Waals surface area contributed by atoms with Crippen molar-refractivity contribution in [3.05, 3.63) is 120 Å². The Morgan fingerprint density at radius 3 is 1.43 bits per heavy atom. The Balaban J connectivity index is 0.000000206. The van der Waals surface area contributed by atoms with Crippen molar-refractivity contribution >= 4 is 11.9 Å². The van der Waals surface area contributed by atoms with E-state index in [1.54, 1.807) is 0 Å². The first-order valence-corrected chi connectivity index (χ1v) is 12.0. The molecule has 0 heterocycles. The zero-order valence-corrected chi connectivity index (χ0v) is 20.7. The van der Waals surface area contributed by atoms with E-state index in [9.17, 15) is 9.59 Å². The normalized spacial score (nSPS) is 9.97. The number of aliphatic carboxylic acids is 1. The molecule has 0 aliphatic rings. The number of methoxy groups -OCH3 is 1.